The Balaban J connectivity index is 0.00000121. The summed E-state index contributed by atoms with van der Waals surface area (Å²) in [6.45, 7) is 4.43. The van der Waals surface area contributed by atoms with E-state index in [0.717, 1.165) is 6.42 Å². The molecule has 0 N–H and O–H groups in total. The van der Waals surface area contributed by atoms with Gasteiger partial charge in [-0.2, -0.15) is 0 Å². The summed E-state index contributed by atoms with van der Waals surface area (Å²) in [6.07, 6.45) is 3.38. The van der Waals surface area contributed by atoms with Crippen LogP contribution in [0.15, 0.2) is 53.6 Å². The van der Waals surface area contributed by atoms with Crippen LogP contribution in [0, 0.1) is 0 Å². The van der Waals surface area contributed by atoms with Crippen LogP contribution in [0.1, 0.15) is 25.8 Å². The van der Waals surface area contributed by atoms with Gasteiger partial charge in [0.1, 0.15) is 0 Å². The summed E-state index contributed by atoms with van der Waals surface area (Å²) in [4.78, 5) is 0. The summed E-state index contributed by atoms with van der Waals surface area (Å²) in [5, 5.41) is 2.67. The van der Waals surface area contributed by atoms with Crippen LogP contribution in [-0.4, -0.2) is 7.11 Å². The van der Waals surface area contributed by atoms with E-state index in [9.17, 15) is 0 Å². The average molecular weight is 369 g/mol. The first-order valence-electron chi connectivity index (χ1n) is 6.88. The summed E-state index contributed by atoms with van der Waals surface area (Å²) in [5.41, 5.74) is 5.73. The van der Waals surface area contributed by atoms with Crippen molar-refractivity contribution in [2.75, 3.05) is 7.11 Å². The maximum Gasteiger partial charge on any atom is -1.00 e. The number of halogens is 2. The fourth-order valence-electron chi connectivity index (χ4n) is 2.97. The fourth-order valence-corrected chi connectivity index (χ4v) is 4.35. The molecule has 0 radical (unpaired) electrons. The molecule has 0 fully saturated rings. The summed E-state index contributed by atoms with van der Waals surface area (Å²) in [7, 11) is 1.82. The smallest absolute Gasteiger partial charge is 1.00 e. The Morgan fingerprint density at radius 1 is 1.00 bits per heavy atom. The third-order valence-electron chi connectivity index (χ3n) is 3.85. The largest absolute Gasteiger partial charge is 1.00 e. The molecule has 0 aliphatic heterocycles. The van der Waals surface area contributed by atoms with Gasteiger partial charge in [0.2, 0.25) is 0 Å². The van der Waals surface area contributed by atoms with Crippen LogP contribution in [0.4, 0.5) is 0 Å². The Kier molecular flexibility index (Phi) is 7.38. The second-order valence-corrected chi connectivity index (χ2v) is 7.08. The topological polar surface area (TPSA) is 9.23 Å². The number of rotatable bonds is 3. The second-order valence-electron chi connectivity index (χ2n) is 5.34. The van der Waals surface area contributed by atoms with Crippen molar-refractivity contribution in [1.82, 2.24) is 0 Å². The summed E-state index contributed by atoms with van der Waals surface area (Å²) < 4.78 is 7.02. The van der Waals surface area contributed by atoms with E-state index in [1.54, 1.807) is 0 Å². The molecule has 1 nitrogen and oxygen atoms in total. The molecule has 0 saturated carbocycles. The van der Waals surface area contributed by atoms with Crippen molar-refractivity contribution in [2.24, 2.45) is 0 Å². The Morgan fingerprint density at radius 2 is 1.73 bits per heavy atom. The normalized spacial score (nSPS) is 13.3. The van der Waals surface area contributed by atoms with Gasteiger partial charge in [0.05, 0.1) is 0 Å². The molecule has 0 amide bonds. The first-order chi connectivity index (χ1) is 9.70. The molecule has 22 heavy (non-hydrogen) atoms. The molecular formula is C18H18Cl2OTi. The van der Waals surface area contributed by atoms with Crippen LogP contribution in [0.25, 0.3) is 16.3 Å². The quantitative estimate of drug-likeness (QED) is 0.583. The van der Waals surface area contributed by atoms with Crippen LogP contribution < -0.4 is 28.7 Å². The average Bonchev–Trinajstić information content (AvgIpc) is 2.78. The van der Waals surface area contributed by atoms with Gasteiger partial charge in [-0.1, -0.05) is 0 Å². The molecule has 0 spiro atoms. The minimum atomic E-state index is -0.548. The minimum Gasteiger partial charge on any atom is -1.00 e. The standard InChI is InChI=1S/C17H15.CH3O.2ClH.Ti/c1-12-9-13(2)17(10-12)16-8-7-14-5-3-4-6-15(14)11-16;1-2;;;/h3-9H,10H2,1-2H3;1H3;2*1H;/q;-1;;;+3/p-2. The molecule has 0 saturated heterocycles. The predicted octanol–water partition coefficient (Wildman–Crippen LogP) is -1.76. The first-order valence-corrected chi connectivity index (χ1v) is 8.30. The van der Waals surface area contributed by atoms with Gasteiger partial charge >= 0.3 is 130 Å². The minimum absolute atomic E-state index is 0. The van der Waals surface area contributed by atoms with Crippen LogP contribution >= 0.6 is 0 Å². The van der Waals surface area contributed by atoms with Gasteiger partial charge < -0.3 is 24.8 Å². The van der Waals surface area contributed by atoms with Gasteiger partial charge in [-0.3, -0.25) is 0 Å². The van der Waals surface area contributed by atoms with Gasteiger partial charge in [0.15, 0.2) is 0 Å². The number of hydrogen-bond acceptors (Lipinski definition) is 1. The first kappa shape index (κ1) is 19.5. The molecule has 1 aliphatic carbocycles. The van der Waals surface area contributed by atoms with E-state index < -0.39 is 19.5 Å². The third-order valence-corrected chi connectivity index (χ3v) is 5.33. The zero-order valence-electron chi connectivity index (χ0n) is 12.9. The summed E-state index contributed by atoms with van der Waals surface area (Å²) in [5.74, 6) is 0. The molecule has 0 aromatic heterocycles. The van der Waals surface area contributed by atoms with Gasteiger partial charge in [-0.25, -0.2) is 0 Å². The zero-order chi connectivity index (χ0) is 14.1. The van der Waals surface area contributed by atoms with E-state index in [1.165, 1.54) is 36.9 Å². The van der Waals surface area contributed by atoms with Crippen LogP contribution in [0.2, 0.25) is 0 Å². The molecule has 2 aromatic carbocycles. The number of benzene rings is 2. The molecular weight excluding hydrogens is 351 g/mol. The maximum absolute atomic E-state index is 5.58. The molecule has 1 aliphatic rings. The number of allylic oxidation sites excluding steroid dienone is 4. The van der Waals surface area contributed by atoms with Crippen molar-refractivity contribution in [3.63, 3.8) is 0 Å². The Hall–Kier alpha value is -0.566. The van der Waals surface area contributed by atoms with E-state index in [-0.39, 0.29) is 24.8 Å². The Labute approximate surface area is 154 Å². The zero-order valence-corrected chi connectivity index (χ0v) is 16.0. The molecule has 2 aromatic rings. The molecule has 3 rings (SSSR count). The van der Waals surface area contributed by atoms with E-state index >= 15 is 0 Å². The number of fused-ring (bicyclic) bond motifs is 1. The van der Waals surface area contributed by atoms with Crippen molar-refractivity contribution in [3.8, 4) is 0 Å². The predicted molar refractivity (Wildman–Crippen MR) is 81.6 cm³/mol. The Bertz CT molecular complexity index is 735. The fraction of sp³-hybridized carbons (Fsp3) is 0.222. The third kappa shape index (κ3) is 3.67. The van der Waals surface area contributed by atoms with Crippen molar-refractivity contribution in [1.29, 1.82) is 0 Å². The van der Waals surface area contributed by atoms with Crippen LogP contribution in [0.5, 0.6) is 0 Å². The molecule has 0 atom stereocenters. The van der Waals surface area contributed by atoms with Crippen LogP contribution in [0.3, 0.4) is 0 Å². The van der Waals surface area contributed by atoms with E-state index in [4.69, 9.17) is 3.32 Å². The van der Waals surface area contributed by atoms with Crippen molar-refractivity contribution >= 4 is 20.2 Å². The molecule has 4 heteroatoms. The SMILES string of the molecule is C[O][Ti+2][c]1c(C2=C(C)C=C(C)C2)ccc2ccccc12.[Cl-].[Cl-]. The van der Waals surface area contributed by atoms with Gasteiger partial charge in [-0.05, 0) is 0 Å². The van der Waals surface area contributed by atoms with E-state index in [1.807, 2.05) is 7.11 Å². The van der Waals surface area contributed by atoms with Crippen molar-refractivity contribution in [3.05, 3.63) is 59.2 Å². The van der Waals surface area contributed by atoms with E-state index in [0.29, 0.717) is 0 Å². The van der Waals surface area contributed by atoms with Crippen molar-refractivity contribution in [2.45, 2.75) is 20.3 Å². The van der Waals surface area contributed by atoms with Gasteiger partial charge in [0.25, 0.3) is 0 Å². The summed E-state index contributed by atoms with van der Waals surface area (Å²) >= 11 is -0.548. The van der Waals surface area contributed by atoms with Gasteiger partial charge in [0, 0.05) is 0 Å². The van der Waals surface area contributed by atoms with Crippen molar-refractivity contribution < 1.29 is 47.7 Å². The molecule has 0 unspecified atom stereocenters. The maximum atomic E-state index is 5.58. The Morgan fingerprint density at radius 3 is 2.36 bits per heavy atom. The summed E-state index contributed by atoms with van der Waals surface area (Å²) in [6, 6.07) is 13.2. The molecule has 0 heterocycles. The van der Waals surface area contributed by atoms with Crippen LogP contribution in [-0.2, 0) is 22.9 Å². The van der Waals surface area contributed by atoms with Gasteiger partial charge in [-0.15, -0.1) is 0 Å². The molecule has 114 valence electrons. The molecule has 0 bridgehead atoms. The second kappa shape index (κ2) is 8.33. The van der Waals surface area contributed by atoms with E-state index in [2.05, 4.69) is 56.3 Å². The monoisotopic (exact) mass is 368 g/mol. The number of hydrogen-bond donors (Lipinski definition) is 0.